The van der Waals surface area contributed by atoms with Crippen molar-refractivity contribution in [3.8, 4) is 45.6 Å². The smallest absolute Gasteiger partial charge is 0.182 e. The van der Waals surface area contributed by atoms with Gasteiger partial charge in [-0.15, -0.1) is 0 Å². The number of aromatic nitrogens is 5. The van der Waals surface area contributed by atoms with E-state index in [0.29, 0.717) is 34.3 Å². The molecule has 0 fully saturated rings. The fourth-order valence-corrected chi connectivity index (χ4v) is 5.14. The van der Waals surface area contributed by atoms with Gasteiger partial charge in [0.05, 0.1) is 18.1 Å². The largest absolute Gasteiger partial charge is 0.453 e. The van der Waals surface area contributed by atoms with Crippen LogP contribution in [0.2, 0.25) is 0 Å². The molecule has 4 aromatic heterocycles. The fraction of sp³-hybridized carbons (Fsp3) is 0. The highest BCUT2D eigenvalue weighted by Crippen LogP contribution is 2.34. The number of furan rings is 1. The van der Waals surface area contributed by atoms with Crippen molar-refractivity contribution in [3.63, 3.8) is 0 Å². The lowest BCUT2D eigenvalue weighted by molar-refractivity contribution is 0.665. The summed E-state index contributed by atoms with van der Waals surface area (Å²) in [5, 5.41) is 4.26. The normalized spacial score (nSPS) is 11.4. The van der Waals surface area contributed by atoms with Crippen LogP contribution >= 0.6 is 0 Å². The van der Waals surface area contributed by atoms with Crippen LogP contribution in [0.4, 0.5) is 0 Å². The predicted octanol–water partition coefficient (Wildman–Crippen LogP) is 8.38. The SMILES string of the molecule is c1ccc(-c2nc(-c3ccccc3)nc(-c3cc4c(cn3)oc3cnc(-c5ccc6ccccc6c5)cc34)n2)cc1. The summed E-state index contributed by atoms with van der Waals surface area (Å²) in [7, 11) is 0. The van der Waals surface area contributed by atoms with E-state index in [4.69, 9.17) is 24.4 Å². The number of rotatable bonds is 4. The molecule has 0 aliphatic carbocycles. The van der Waals surface area contributed by atoms with Gasteiger partial charge in [-0.3, -0.25) is 4.98 Å². The van der Waals surface area contributed by atoms with E-state index in [1.54, 1.807) is 12.4 Å². The molecule has 0 radical (unpaired) electrons. The molecular formula is C35H21N5O. The third-order valence-electron chi connectivity index (χ3n) is 7.22. The minimum Gasteiger partial charge on any atom is -0.453 e. The molecule has 0 aliphatic rings. The number of fused-ring (bicyclic) bond motifs is 4. The third kappa shape index (κ3) is 4.19. The van der Waals surface area contributed by atoms with Crippen LogP contribution in [0.5, 0.6) is 0 Å². The Hall–Kier alpha value is -5.75. The van der Waals surface area contributed by atoms with E-state index < -0.39 is 0 Å². The molecule has 0 aliphatic heterocycles. The first-order chi connectivity index (χ1) is 20.3. The van der Waals surface area contributed by atoms with Crippen molar-refractivity contribution >= 4 is 32.7 Å². The number of benzene rings is 4. The van der Waals surface area contributed by atoms with Crippen LogP contribution in [0.1, 0.15) is 0 Å². The van der Waals surface area contributed by atoms with Crippen molar-refractivity contribution in [1.82, 2.24) is 24.9 Å². The minimum atomic E-state index is 0.498. The summed E-state index contributed by atoms with van der Waals surface area (Å²) in [4.78, 5) is 23.9. The minimum absolute atomic E-state index is 0.498. The van der Waals surface area contributed by atoms with Crippen molar-refractivity contribution < 1.29 is 4.42 Å². The van der Waals surface area contributed by atoms with E-state index in [1.807, 2.05) is 72.8 Å². The van der Waals surface area contributed by atoms with Gasteiger partial charge in [-0.1, -0.05) is 97.1 Å². The summed E-state index contributed by atoms with van der Waals surface area (Å²) in [6, 6.07) is 38.6. The Morgan fingerprint density at radius 2 is 0.951 bits per heavy atom. The number of nitrogens with zero attached hydrogens (tertiary/aromatic N) is 5. The second-order valence-corrected chi connectivity index (χ2v) is 9.83. The quantitative estimate of drug-likeness (QED) is 0.229. The van der Waals surface area contributed by atoms with E-state index in [1.165, 1.54) is 10.8 Å². The lowest BCUT2D eigenvalue weighted by atomic mass is 10.0. The summed E-state index contributed by atoms with van der Waals surface area (Å²) in [5.41, 5.74) is 5.77. The number of hydrogen-bond acceptors (Lipinski definition) is 6. The van der Waals surface area contributed by atoms with Gasteiger partial charge in [0.1, 0.15) is 5.69 Å². The molecule has 0 saturated carbocycles. The van der Waals surface area contributed by atoms with Gasteiger partial charge in [-0.2, -0.15) is 0 Å². The van der Waals surface area contributed by atoms with Gasteiger partial charge in [0.15, 0.2) is 28.6 Å². The zero-order valence-corrected chi connectivity index (χ0v) is 21.8. The van der Waals surface area contributed by atoms with Crippen LogP contribution in [0, 0.1) is 0 Å². The Kier molecular flexibility index (Phi) is 5.35. The van der Waals surface area contributed by atoms with Crippen molar-refractivity contribution in [1.29, 1.82) is 0 Å². The van der Waals surface area contributed by atoms with E-state index in [2.05, 4.69) is 47.4 Å². The van der Waals surface area contributed by atoms with Crippen molar-refractivity contribution in [2.75, 3.05) is 0 Å². The van der Waals surface area contributed by atoms with E-state index in [0.717, 1.165) is 33.2 Å². The average Bonchev–Trinajstić information content (AvgIpc) is 3.42. The lowest BCUT2D eigenvalue weighted by Gasteiger charge is -2.08. The molecular weight excluding hydrogens is 506 g/mol. The molecule has 41 heavy (non-hydrogen) atoms. The Bertz CT molecular complexity index is 2150. The maximum absolute atomic E-state index is 6.11. The summed E-state index contributed by atoms with van der Waals surface area (Å²) in [6.45, 7) is 0. The summed E-state index contributed by atoms with van der Waals surface area (Å²) >= 11 is 0. The Labute approximate surface area is 235 Å². The van der Waals surface area contributed by atoms with Crippen molar-refractivity contribution in [2.45, 2.75) is 0 Å². The highest BCUT2D eigenvalue weighted by molar-refractivity contribution is 6.06. The first-order valence-electron chi connectivity index (χ1n) is 13.3. The molecule has 0 amide bonds. The molecule has 0 saturated heterocycles. The second kappa shape index (κ2) is 9.47. The molecule has 6 heteroatoms. The maximum Gasteiger partial charge on any atom is 0.182 e. The number of pyridine rings is 2. The molecule has 8 rings (SSSR count). The summed E-state index contributed by atoms with van der Waals surface area (Å²) in [5.74, 6) is 1.69. The number of hydrogen-bond donors (Lipinski definition) is 0. The summed E-state index contributed by atoms with van der Waals surface area (Å²) in [6.07, 6.45) is 3.51. The molecule has 4 aromatic carbocycles. The van der Waals surface area contributed by atoms with Gasteiger partial charge in [0.2, 0.25) is 0 Å². The molecule has 0 atom stereocenters. The van der Waals surface area contributed by atoms with Crippen molar-refractivity contribution in [2.24, 2.45) is 0 Å². The highest BCUT2D eigenvalue weighted by Gasteiger charge is 2.16. The van der Waals surface area contributed by atoms with Crippen LogP contribution < -0.4 is 0 Å². The molecule has 0 spiro atoms. The van der Waals surface area contributed by atoms with Gasteiger partial charge < -0.3 is 4.42 Å². The Balaban J connectivity index is 1.28. The van der Waals surface area contributed by atoms with Gasteiger partial charge >= 0.3 is 0 Å². The average molecular weight is 528 g/mol. The third-order valence-corrected chi connectivity index (χ3v) is 7.22. The highest BCUT2D eigenvalue weighted by atomic mass is 16.3. The zero-order valence-electron chi connectivity index (χ0n) is 21.8. The van der Waals surface area contributed by atoms with Crippen LogP contribution in [0.3, 0.4) is 0 Å². The van der Waals surface area contributed by atoms with E-state index in [9.17, 15) is 0 Å². The zero-order chi connectivity index (χ0) is 27.2. The van der Waals surface area contributed by atoms with Crippen LogP contribution in [0.15, 0.2) is 132 Å². The molecule has 4 heterocycles. The van der Waals surface area contributed by atoms with Crippen molar-refractivity contribution in [3.05, 3.63) is 128 Å². The van der Waals surface area contributed by atoms with Crippen LogP contribution in [-0.2, 0) is 0 Å². The Morgan fingerprint density at radius 3 is 1.61 bits per heavy atom. The van der Waals surface area contributed by atoms with Crippen LogP contribution in [0.25, 0.3) is 78.3 Å². The second-order valence-electron chi connectivity index (χ2n) is 9.83. The van der Waals surface area contributed by atoms with E-state index >= 15 is 0 Å². The molecule has 8 aromatic rings. The molecule has 0 N–H and O–H groups in total. The van der Waals surface area contributed by atoms with Gasteiger partial charge in [-0.05, 0) is 29.0 Å². The first-order valence-corrected chi connectivity index (χ1v) is 13.3. The van der Waals surface area contributed by atoms with E-state index in [-0.39, 0.29) is 0 Å². The first kappa shape index (κ1) is 23.2. The predicted molar refractivity (Wildman–Crippen MR) is 162 cm³/mol. The van der Waals surface area contributed by atoms with Gasteiger partial charge in [0, 0.05) is 27.5 Å². The molecule has 192 valence electrons. The molecule has 0 unspecified atom stereocenters. The maximum atomic E-state index is 6.11. The monoisotopic (exact) mass is 527 g/mol. The molecule has 0 bridgehead atoms. The Morgan fingerprint density at radius 1 is 0.415 bits per heavy atom. The standard InChI is InChI=1S/C35H21N5O/c1-3-10-23(11-4-1)33-38-34(24-12-5-2-6-13-24)40-35(39-33)30-19-28-27-18-29(36-20-31(27)41-32(28)21-37-30)26-16-15-22-9-7-8-14-25(22)17-26/h1-21H. The van der Waals surface area contributed by atoms with Gasteiger partial charge in [0.25, 0.3) is 0 Å². The summed E-state index contributed by atoms with van der Waals surface area (Å²) < 4.78 is 6.11. The topological polar surface area (TPSA) is 77.6 Å². The van der Waals surface area contributed by atoms with Crippen LogP contribution in [-0.4, -0.2) is 24.9 Å². The fourth-order valence-electron chi connectivity index (χ4n) is 5.14. The molecule has 6 nitrogen and oxygen atoms in total. The van der Waals surface area contributed by atoms with Gasteiger partial charge in [-0.25, -0.2) is 19.9 Å². The lowest BCUT2D eigenvalue weighted by Crippen LogP contribution is -2.01.